The summed E-state index contributed by atoms with van der Waals surface area (Å²) in [5.41, 5.74) is 3.94. The van der Waals surface area contributed by atoms with Gasteiger partial charge in [0.15, 0.2) is 0 Å². The fourth-order valence-electron chi connectivity index (χ4n) is 3.02. The summed E-state index contributed by atoms with van der Waals surface area (Å²) in [4.78, 5) is 16.8. The highest BCUT2D eigenvalue weighted by molar-refractivity contribution is 5.95. The summed E-state index contributed by atoms with van der Waals surface area (Å²) in [5.74, 6) is 0.146. The van der Waals surface area contributed by atoms with Crippen molar-refractivity contribution in [3.05, 3.63) is 58.7 Å². The summed E-state index contributed by atoms with van der Waals surface area (Å²) >= 11 is 0. The van der Waals surface area contributed by atoms with Gasteiger partial charge in [0.05, 0.1) is 24.5 Å². The van der Waals surface area contributed by atoms with Crippen molar-refractivity contribution in [3.8, 4) is 5.75 Å². The van der Waals surface area contributed by atoms with E-state index in [0.29, 0.717) is 22.4 Å². The Morgan fingerprint density at radius 2 is 1.96 bits per heavy atom. The lowest BCUT2D eigenvalue weighted by Gasteiger charge is -2.13. The molecule has 1 heterocycles. The Bertz CT molecular complexity index is 940. The van der Waals surface area contributed by atoms with Gasteiger partial charge in [0, 0.05) is 24.7 Å². The molecule has 0 spiro atoms. The number of nitrogens with zero attached hydrogens (tertiary/aromatic N) is 2. The zero-order valence-electron chi connectivity index (χ0n) is 14.7. The van der Waals surface area contributed by atoms with Crippen molar-refractivity contribution in [1.82, 2.24) is 14.9 Å². The van der Waals surface area contributed by atoms with Crippen molar-refractivity contribution in [2.75, 3.05) is 7.11 Å². The van der Waals surface area contributed by atoms with E-state index in [2.05, 4.69) is 10.3 Å². The van der Waals surface area contributed by atoms with E-state index >= 15 is 0 Å². The fourth-order valence-corrected chi connectivity index (χ4v) is 3.02. The predicted molar refractivity (Wildman–Crippen MR) is 94.3 cm³/mol. The van der Waals surface area contributed by atoms with E-state index in [9.17, 15) is 9.18 Å². The van der Waals surface area contributed by atoms with Crippen molar-refractivity contribution in [3.63, 3.8) is 0 Å². The summed E-state index contributed by atoms with van der Waals surface area (Å²) < 4.78 is 21.1. The number of benzene rings is 2. The molecule has 1 N–H and O–H groups in total. The number of aryl methyl sites for hydroxylation is 3. The maximum absolute atomic E-state index is 13.7. The molecule has 0 radical (unpaired) electrons. The number of amides is 1. The largest absolute Gasteiger partial charge is 0.496 e. The van der Waals surface area contributed by atoms with Crippen molar-refractivity contribution in [2.24, 2.45) is 7.05 Å². The predicted octanol–water partition coefficient (Wildman–Crippen LogP) is 3.27. The molecule has 25 heavy (non-hydrogen) atoms. The van der Waals surface area contributed by atoms with Crippen LogP contribution in [0.1, 0.15) is 27.0 Å². The van der Waals surface area contributed by atoms with Gasteiger partial charge in [-0.1, -0.05) is 0 Å². The zero-order valence-corrected chi connectivity index (χ0v) is 14.7. The maximum atomic E-state index is 13.7. The van der Waals surface area contributed by atoms with Crippen LogP contribution >= 0.6 is 0 Å². The molecule has 0 bridgehead atoms. The van der Waals surface area contributed by atoms with Gasteiger partial charge in [-0.15, -0.1) is 0 Å². The third kappa shape index (κ3) is 3.07. The minimum absolute atomic E-state index is 0.257. The molecule has 0 saturated heterocycles. The third-order valence-corrected chi connectivity index (χ3v) is 4.29. The molecule has 0 atom stereocenters. The first-order valence-corrected chi connectivity index (χ1v) is 7.94. The van der Waals surface area contributed by atoms with Crippen LogP contribution in [0.2, 0.25) is 0 Å². The average Bonchev–Trinajstić information content (AvgIpc) is 2.98. The summed E-state index contributed by atoms with van der Waals surface area (Å²) in [7, 11) is 3.49. The second-order valence-corrected chi connectivity index (χ2v) is 6.08. The molecular formula is C19H20FN3O2. The minimum atomic E-state index is -0.280. The van der Waals surface area contributed by atoms with Crippen molar-refractivity contribution in [2.45, 2.75) is 20.4 Å². The summed E-state index contributed by atoms with van der Waals surface area (Å²) in [6.07, 6.45) is 1.72. The lowest BCUT2D eigenvalue weighted by atomic mass is 10.1. The number of nitrogens with one attached hydrogen (secondary N) is 1. The highest BCUT2D eigenvalue weighted by atomic mass is 19.1. The summed E-state index contributed by atoms with van der Waals surface area (Å²) in [6, 6.07) is 6.83. The quantitative estimate of drug-likeness (QED) is 0.792. The second kappa shape index (κ2) is 6.55. The first kappa shape index (κ1) is 17.0. The highest BCUT2D eigenvalue weighted by Gasteiger charge is 2.15. The van der Waals surface area contributed by atoms with Crippen LogP contribution in [0.3, 0.4) is 0 Å². The van der Waals surface area contributed by atoms with Crippen LogP contribution < -0.4 is 10.1 Å². The first-order chi connectivity index (χ1) is 11.9. The first-order valence-electron chi connectivity index (χ1n) is 7.94. The number of aromatic nitrogens is 2. The van der Waals surface area contributed by atoms with E-state index in [1.807, 2.05) is 23.7 Å². The lowest BCUT2D eigenvalue weighted by Crippen LogP contribution is -2.24. The Kier molecular flexibility index (Phi) is 4.44. The van der Waals surface area contributed by atoms with E-state index in [0.717, 1.165) is 16.6 Å². The molecule has 2 aromatic carbocycles. The number of hydrogen-bond acceptors (Lipinski definition) is 3. The Hall–Kier alpha value is -2.89. The number of hydrogen-bond donors (Lipinski definition) is 1. The van der Waals surface area contributed by atoms with E-state index < -0.39 is 0 Å². The molecule has 130 valence electrons. The van der Waals surface area contributed by atoms with E-state index in [1.165, 1.54) is 0 Å². The van der Waals surface area contributed by atoms with Crippen LogP contribution in [-0.2, 0) is 13.6 Å². The SMILES string of the molecule is COc1ccc2ncn(C)c2c1CNC(=O)c1cc(C)c(F)c(C)c1. The molecule has 0 unspecified atom stereocenters. The van der Waals surface area contributed by atoms with Crippen molar-refractivity contribution >= 4 is 16.9 Å². The molecule has 6 heteroatoms. The molecule has 5 nitrogen and oxygen atoms in total. The van der Waals surface area contributed by atoms with Gasteiger partial charge in [-0.25, -0.2) is 9.37 Å². The van der Waals surface area contributed by atoms with Crippen LogP contribution in [0.5, 0.6) is 5.75 Å². The molecule has 1 aromatic heterocycles. The zero-order chi connectivity index (χ0) is 18.1. The Balaban J connectivity index is 1.90. The van der Waals surface area contributed by atoms with Gasteiger partial charge in [-0.05, 0) is 49.2 Å². The molecule has 0 saturated carbocycles. The number of methoxy groups -OCH3 is 1. The highest BCUT2D eigenvalue weighted by Crippen LogP contribution is 2.27. The van der Waals surface area contributed by atoms with Crippen LogP contribution in [0, 0.1) is 19.7 Å². The average molecular weight is 341 g/mol. The minimum Gasteiger partial charge on any atom is -0.496 e. The molecule has 1 amide bonds. The Labute approximate surface area is 145 Å². The van der Waals surface area contributed by atoms with Gasteiger partial charge >= 0.3 is 0 Å². The number of ether oxygens (including phenoxy) is 1. The van der Waals surface area contributed by atoms with Crippen LogP contribution in [0.4, 0.5) is 4.39 Å². The summed E-state index contributed by atoms with van der Waals surface area (Å²) in [6.45, 7) is 3.59. The van der Waals surface area contributed by atoms with Gasteiger partial charge in [0.2, 0.25) is 0 Å². The Morgan fingerprint density at radius 3 is 2.60 bits per heavy atom. The van der Waals surface area contributed by atoms with Crippen LogP contribution in [-0.4, -0.2) is 22.6 Å². The number of fused-ring (bicyclic) bond motifs is 1. The normalized spacial score (nSPS) is 10.9. The van der Waals surface area contributed by atoms with Crippen molar-refractivity contribution in [1.29, 1.82) is 0 Å². The van der Waals surface area contributed by atoms with E-state index in [4.69, 9.17) is 4.74 Å². The van der Waals surface area contributed by atoms with E-state index in [1.54, 1.807) is 39.4 Å². The molecule has 0 aliphatic carbocycles. The molecule has 3 rings (SSSR count). The molecule has 3 aromatic rings. The van der Waals surface area contributed by atoms with Gasteiger partial charge in [0.25, 0.3) is 5.91 Å². The lowest BCUT2D eigenvalue weighted by molar-refractivity contribution is 0.0950. The molecule has 0 fully saturated rings. The Morgan fingerprint density at radius 1 is 1.28 bits per heavy atom. The fraction of sp³-hybridized carbons (Fsp3) is 0.263. The molecule has 0 aliphatic rings. The van der Waals surface area contributed by atoms with Gasteiger partial charge in [-0.2, -0.15) is 0 Å². The van der Waals surface area contributed by atoms with E-state index in [-0.39, 0.29) is 18.3 Å². The van der Waals surface area contributed by atoms with Crippen LogP contribution in [0.25, 0.3) is 11.0 Å². The summed E-state index contributed by atoms with van der Waals surface area (Å²) in [5, 5.41) is 2.89. The number of rotatable bonds is 4. The topological polar surface area (TPSA) is 56.1 Å². The number of carbonyl (C=O) groups is 1. The number of carbonyl (C=O) groups excluding carboxylic acids is 1. The van der Waals surface area contributed by atoms with Crippen molar-refractivity contribution < 1.29 is 13.9 Å². The van der Waals surface area contributed by atoms with Gasteiger partial charge in [0.1, 0.15) is 11.6 Å². The van der Waals surface area contributed by atoms with Crippen LogP contribution in [0.15, 0.2) is 30.6 Å². The molecular weight excluding hydrogens is 321 g/mol. The smallest absolute Gasteiger partial charge is 0.251 e. The van der Waals surface area contributed by atoms with Gasteiger partial charge in [-0.3, -0.25) is 4.79 Å². The maximum Gasteiger partial charge on any atom is 0.251 e. The second-order valence-electron chi connectivity index (χ2n) is 6.08. The standard InChI is InChI=1S/C19H20FN3O2/c1-11-7-13(8-12(2)17(11)20)19(24)21-9-14-16(25-4)6-5-15-18(14)23(3)10-22-15/h5-8,10H,9H2,1-4H3,(H,21,24). The van der Waals surface area contributed by atoms with Gasteiger partial charge < -0.3 is 14.6 Å². The monoisotopic (exact) mass is 341 g/mol. The number of halogens is 1. The number of imidazole rings is 1. The third-order valence-electron chi connectivity index (χ3n) is 4.29. The molecule has 0 aliphatic heterocycles.